The van der Waals surface area contributed by atoms with Gasteiger partial charge in [-0.1, -0.05) is 41.6 Å². The molecule has 1 amide bonds. The second-order valence-electron chi connectivity index (χ2n) is 6.73. The number of thioether (sulfide) groups is 1. The van der Waals surface area contributed by atoms with E-state index >= 15 is 0 Å². The molecular weight excluding hydrogens is 408 g/mol. The molecule has 3 rings (SSSR count). The number of aryl methyl sites for hydroxylation is 1. The summed E-state index contributed by atoms with van der Waals surface area (Å²) in [6.07, 6.45) is 2.35. The molecule has 0 spiro atoms. The predicted octanol–water partition coefficient (Wildman–Crippen LogP) is 4.08. The molecule has 0 aliphatic heterocycles. The van der Waals surface area contributed by atoms with Crippen molar-refractivity contribution in [3.63, 3.8) is 0 Å². The highest BCUT2D eigenvalue weighted by Crippen LogP contribution is 2.23. The summed E-state index contributed by atoms with van der Waals surface area (Å²) in [5.74, 6) is 1.01. The van der Waals surface area contributed by atoms with E-state index in [2.05, 4.69) is 15.5 Å². The Kier molecular flexibility index (Phi) is 7.17. The summed E-state index contributed by atoms with van der Waals surface area (Å²) < 4.78 is 7.07. The van der Waals surface area contributed by atoms with Crippen molar-refractivity contribution >= 4 is 29.3 Å². The van der Waals surface area contributed by atoms with Gasteiger partial charge in [0.25, 0.3) is 0 Å². The smallest absolute Gasteiger partial charge is 0.230 e. The fraction of sp³-hybridized carbons (Fsp3) is 0.286. The fourth-order valence-corrected chi connectivity index (χ4v) is 3.80. The molecule has 6 nitrogen and oxygen atoms in total. The summed E-state index contributed by atoms with van der Waals surface area (Å²) in [5, 5.41) is 12.4. The molecule has 0 bridgehead atoms. The molecule has 0 saturated carbocycles. The van der Waals surface area contributed by atoms with Crippen molar-refractivity contribution in [3.8, 4) is 11.4 Å². The van der Waals surface area contributed by atoms with Crippen LogP contribution in [0.4, 0.5) is 0 Å². The van der Waals surface area contributed by atoms with Gasteiger partial charge in [-0.3, -0.25) is 9.36 Å². The maximum Gasteiger partial charge on any atom is 0.230 e. The van der Waals surface area contributed by atoms with E-state index in [1.807, 2.05) is 60.9 Å². The average molecular weight is 431 g/mol. The lowest BCUT2D eigenvalue weighted by molar-refractivity contribution is -0.119. The molecule has 2 aromatic carbocycles. The Morgan fingerprint density at radius 2 is 2.14 bits per heavy atom. The van der Waals surface area contributed by atoms with Crippen molar-refractivity contribution < 1.29 is 9.53 Å². The average Bonchev–Trinajstić information content (AvgIpc) is 3.17. The molecule has 0 saturated heterocycles. The zero-order valence-corrected chi connectivity index (χ0v) is 18.1. The highest BCUT2D eigenvalue weighted by atomic mass is 35.5. The number of carbonyl (C=O) groups excluding carboxylic acids is 1. The minimum Gasteiger partial charge on any atom is -0.497 e. The Morgan fingerprint density at radius 1 is 1.31 bits per heavy atom. The Morgan fingerprint density at radius 3 is 2.90 bits per heavy atom. The van der Waals surface area contributed by atoms with Gasteiger partial charge in [0.05, 0.1) is 18.6 Å². The van der Waals surface area contributed by atoms with Crippen LogP contribution in [0.1, 0.15) is 18.1 Å². The highest BCUT2D eigenvalue weighted by molar-refractivity contribution is 7.99. The first kappa shape index (κ1) is 21.2. The molecule has 1 N–H and O–H groups in total. The van der Waals surface area contributed by atoms with Gasteiger partial charge in [0.1, 0.15) is 12.1 Å². The summed E-state index contributed by atoms with van der Waals surface area (Å²) in [6, 6.07) is 13.6. The number of aromatic nitrogens is 3. The van der Waals surface area contributed by atoms with E-state index in [1.54, 1.807) is 13.4 Å². The lowest BCUT2D eigenvalue weighted by Gasteiger charge is -2.14. The first-order chi connectivity index (χ1) is 14.0. The molecule has 152 valence electrons. The monoisotopic (exact) mass is 430 g/mol. The van der Waals surface area contributed by atoms with Crippen molar-refractivity contribution in [1.29, 1.82) is 0 Å². The number of carbonyl (C=O) groups is 1. The summed E-state index contributed by atoms with van der Waals surface area (Å²) in [7, 11) is 1.64. The molecule has 1 atom stereocenters. The SMILES string of the molecule is COc1cccc(CC(C)NC(=O)CSc2nncn2-c2ccc(C)c(Cl)c2)c1. The molecule has 3 aromatic rings. The van der Waals surface area contributed by atoms with Gasteiger partial charge in [0, 0.05) is 11.1 Å². The number of amides is 1. The number of nitrogens with zero attached hydrogens (tertiary/aromatic N) is 3. The third kappa shape index (κ3) is 5.74. The number of methoxy groups -OCH3 is 1. The van der Waals surface area contributed by atoms with Crippen LogP contribution in [0.3, 0.4) is 0 Å². The largest absolute Gasteiger partial charge is 0.497 e. The van der Waals surface area contributed by atoms with Gasteiger partial charge in [-0.25, -0.2) is 0 Å². The molecule has 0 fully saturated rings. The van der Waals surface area contributed by atoms with E-state index in [-0.39, 0.29) is 17.7 Å². The van der Waals surface area contributed by atoms with Crippen LogP contribution >= 0.6 is 23.4 Å². The van der Waals surface area contributed by atoms with E-state index in [1.165, 1.54) is 11.8 Å². The van der Waals surface area contributed by atoms with Gasteiger partial charge in [-0.15, -0.1) is 10.2 Å². The Labute approximate surface area is 179 Å². The van der Waals surface area contributed by atoms with Crippen molar-refractivity contribution in [2.24, 2.45) is 0 Å². The Balaban J connectivity index is 1.56. The molecule has 0 aliphatic carbocycles. The van der Waals surface area contributed by atoms with Crippen LogP contribution in [0, 0.1) is 6.92 Å². The van der Waals surface area contributed by atoms with E-state index in [9.17, 15) is 4.79 Å². The first-order valence-corrected chi connectivity index (χ1v) is 10.5. The molecule has 8 heteroatoms. The van der Waals surface area contributed by atoms with Crippen molar-refractivity contribution in [3.05, 3.63) is 64.9 Å². The third-order valence-corrected chi connectivity index (χ3v) is 5.72. The van der Waals surface area contributed by atoms with E-state index in [0.717, 1.165) is 29.0 Å². The fourth-order valence-electron chi connectivity index (χ4n) is 2.88. The van der Waals surface area contributed by atoms with E-state index in [4.69, 9.17) is 16.3 Å². The van der Waals surface area contributed by atoms with Crippen LogP contribution in [-0.2, 0) is 11.2 Å². The van der Waals surface area contributed by atoms with Gasteiger partial charge in [-0.05, 0) is 55.7 Å². The molecule has 29 heavy (non-hydrogen) atoms. The zero-order chi connectivity index (χ0) is 20.8. The lowest BCUT2D eigenvalue weighted by Crippen LogP contribution is -2.35. The summed E-state index contributed by atoms with van der Waals surface area (Å²) in [5.41, 5.74) is 2.97. The molecule has 1 unspecified atom stereocenters. The second-order valence-corrected chi connectivity index (χ2v) is 8.08. The predicted molar refractivity (Wildman–Crippen MR) is 116 cm³/mol. The summed E-state index contributed by atoms with van der Waals surface area (Å²) in [6.45, 7) is 3.93. The number of ether oxygens (including phenoxy) is 1. The highest BCUT2D eigenvalue weighted by Gasteiger charge is 2.13. The van der Waals surface area contributed by atoms with Crippen LogP contribution in [0.2, 0.25) is 5.02 Å². The third-order valence-electron chi connectivity index (χ3n) is 4.37. The minimum absolute atomic E-state index is 0.00369. The van der Waals surface area contributed by atoms with Gasteiger partial charge in [0.15, 0.2) is 5.16 Å². The van der Waals surface area contributed by atoms with E-state index < -0.39 is 0 Å². The van der Waals surface area contributed by atoms with Crippen molar-refractivity contribution in [2.75, 3.05) is 12.9 Å². The Bertz CT molecular complexity index is 992. The van der Waals surface area contributed by atoms with Gasteiger partial charge in [0.2, 0.25) is 5.91 Å². The zero-order valence-electron chi connectivity index (χ0n) is 16.6. The van der Waals surface area contributed by atoms with Crippen LogP contribution in [-0.4, -0.2) is 39.6 Å². The molecule has 1 heterocycles. The maximum atomic E-state index is 12.4. The minimum atomic E-state index is -0.0538. The van der Waals surface area contributed by atoms with Crippen molar-refractivity contribution in [2.45, 2.75) is 31.5 Å². The maximum absolute atomic E-state index is 12.4. The molecule has 1 aromatic heterocycles. The lowest BCUT2D eigenvalue weighted by atomic mass is 10.1. The topological polar surface area (TPSA) is 69.0 Å². The standard InChI is InChI=1S/C21H23ClN4O2S/c1-14-7-8-17(11-19(14)22)26-13-23-25-21(26)29-12-20(27)24-15(2)9-16-5-4-6-18(10-16)28-3/h4-8,10-11,13,15H,9,12H2,1-3H3,(H,24,27). The molecule has 0 radical (unpaired) electrons. The number of hydrogen-bond donors (Lipinski definition) is 1. The second kappa shape index (κ2) is 9.80. The summed E-state index contributed by atoms with van der Waals surface area (Å²) >= 11 is 7.56. The molecule has 0 aliphatic rings. The van der Waals surface area contributed by atoms with Crippen LogP contribution < -0.4 is 10.1 Å². The molecular formula is C21H23ClN4O2S. The number of benzene rings is 2. The van der Waals surface area contributed by atoms with Gasteiger partial charge >= 0.3 is 0 Å². The number of rotatable bonds is 8. The van der Waals surface area contributed by atoms with Crippen LogP contribution in [0.25, 0.3) is 5.69 Å². The van der Waals surface area contributed by atoms with Crippen molar-refractivity contribution in [1.82, 2.24) is 20.1 Å². The van der Waals surface area contributed by atoms with E-state index in [0.29, 0.717) is 10.2 Å². The summed E-state index contributed by atoms with van der Waals surface area (Å²) in [4.78, 5) is 12.4. The van der Waals surface area contributed by atoms with Gasteiger partial charge < -0.3 is 10.1 Å². The normalized spacial score (nSPS) is 11.9. The first-order valence-electron chi connectivity index (χ1n) is 9.18. The van der Waals surface area contributed by atoms with Crippen LogP contribution in [0.5, 0.6) is 5.75 Å². The van der Waals surface area contributed by atoms with Gasteiger partial charge in [-0.2, -0.15) is 0 Å². The Hall–Kier alpha value is -2.51. The van der Waals surface area contributed by atoms with Crippen LogP contribution in [0.15, 0.2) is 53.9 Å². The number of halogens is 1. The number of hydrogen-bond acceptors (Lipinski definition) is 5. The quantitative estimate of drug-likeness (QED) is 0.545. The number of nitrogens with one attached hydrogen (secondary N) is 1.